The molecular weight excluding hydrogens is 150 g/mol. The second kappa shape index (κ2) is 1.14. The first-order valence-electron chi connectivity index (χ1n) is 1.17. The van der Waals surface area contributed by atoms with Gasteiger partial charge in [-0.3, -0.25) is 0 Å². The van der Waals surface area contributed by atoms with Crippen LogP contribution in [0.25, 0.3) is 0 Å². The maximum atomic E-state index is 3.19. The zero-order valence-corrected chi connectivity index (χ0v) is 4.77. The summed E-state index contributed by atoms with van der Waals surface area (Å²) in [5.74, 6) is 0. The maximum absolute atomic E-state index is 3.19. The van der Waals surface area contributed by atoms with Crippen molar-refractivity contribution < 1.29 is 0 Å². The van der Waals surface area contributed by atoms with Gasteiger partial charge in [-0.15, -0.1) is 0 Å². The van der Waals surface area contributed by atoms with Crippen molar-refractivity contribution in [3.8, 4) is 0 Å². The second-order valence-corrected chi connectivity index (χ2v) is 2.22. The highest BCUT2D eigenvalue weighted by Gasteiger charge is 1.79. The second-order valence-electron chi connectivity index (χ2n) is 0.686. The summed E-state index contributed by atoms with van der Waals surface area (Å²) in [6.45, 7) is 0. The third-order valence-corrected chi connectivity index (χ3v) is 2.00. The Morgan fingerprint density at radius 1 is 2.00 bits per heavy atom. The Hall–Kier alpha value is 0.240. The molecule has 0 spiro atoms. The monoisotopic (exact) mass is 151 g/mol. The Labute approximate surface area is 42.3 Å². The van der Waals surface area contributed by atoms with E-state index in [2.05, 4.69) is 20.3 Å². The predicted octanol–water partition coefficient (Wildman–Crippen LogP) is 1.84. The van der Waals surface area contributed by atoms with Gasteiger partial charge in [0.2, 0.25) is 0 Å². The van der Waals surface area contributed by atoms with Gasteiger partial charge in [0.15, 0.2) is 0 Å². The van der Waals surface area contributed by atoms with Gasteiger partial charge in [0, 0.05) is 5.38 Å². The fourth-order valence-corrected chi connectivity index (χ4v) is 0.871. The molecule has 1 rings (SSSR count). The smallest absolute Gasteiger partial charge is 0.103 e. The van der Waals surface area contributed by atoms with Crippen LogP contribution in [0.1, 0.15) is 0 Å². The lowest BCUT2D eigenvalue weighted by Crippen LogP contribution is -1.64. The van der Waals surface area contributed by atoms with E-state index in [0.29, 0.717) is 0 Å². The Bertz CT molecular complexity index is 91.8. The first-order valence-corrected chi connectivity index (χ1v) is 2.84. The van der Waals surface area contributed by atoms with Crippen LogP contribution in [0.4, 0.5) is 0 Å². The van der Waals surface area contributed by atoms with E-state index in [9.17, 15) is 0 Å². The highest BCUT2D eigenvalue weighted by atomic mass is 79.9. The third-order valence-electron chi connectivity index (χ3n) is 0.319. The number of hydrogen-bond donors (Lipinski definition) is 1. The molecule has 3 heteroatoms. The molecule has 1 heterocycles. The van der Waals surface area contributed by atoms with Crippen LogP contribution in [0.2, 0.25) is 0 Å². The average molecular weight is 152 g/mol. The summed E-state index contributed by atoms with van der Waals surface area (Å²) < 4.78 is 3.99. The summed E-state index contributed by atoms with van der Waals surface area (Å²) >= 11 is 4.78. The van der Waals surface area contributed by atoms with Gasteiger partial charge in [0.1, 0.15) is 4.60 Å². The largest absolute Gasteiger partial charge is 0.304 e. The molecule has 0 bridgehead atoms. The van der Waals surface area contributed by atoms with Gasteiger partial charge >= 0.3 is 0 Å². The fourth-order valence-electron chi connectivity index (χ4n) is 0.103. The van der Waals surface area contributed by atoms with Gasteiger partial charge in [-0.05, 0) is 15.9 Å². The fraction of sp³-hybridized carbons (Fsp3) is 0. The number of hydrogen-bond acceptors (Lipinski definition) is 1. The molecule has 0 aliphatic rings. The van der Waals surface area contributed by atoms with E-state index in [1.54, 1.807) is 11.5 Å². The zero-order chi connectivity index (χ0) is 3.70. The number of aromatic nitrogens is 1. The van der Waals surface area contributed by atoms with E-state index in [1.807, 2.05) is 5.38 Å². The molecule has 1 N–H and O–H groups in total. The third kappa shape index (κ3) is 0.546. The summed E-state index contributed by atoms with van der Waals surface area (Å²) in [7, 11) is 0. The molecule has 0 aliphatic heterocycles. The summed E-state index contributed by atoms with van der Waals surface area (Å²) in [6.07, 6.45) is 0. The van der Waals surface area contributed by atoms with E-state index in [-0.39, 0.29) is 0 Å². The van der Waals surface area contributed by atoms with E-state index in [1.165, 1.54) is 0 Å². The lowest BCUT2D eigenvalue weighted by atomic mass is 11.0. The quantitative estimate of drug-likeness (QED) is 0.583. The molecule has 0 radical (unpaired) electrons. The van der Waals surface area contributed by atoms with Gasteiger partial charge < -0.3 is 4.37 Å². The minimum absolute atomic E-state index is 1.09. The zero-order valence-electron chi connectivity index (χ0n) is 2.36. The highest BCUT2D eigenvalue weighted by Crippen LogP contribution is 2.09. The van der Waals surface area contributed by atoms with Crippen LogP contribution in [0.15, 0.2) is 9.98 Å². The van der Waals surface area contributed by atoms with Crippen LogP contribution in [0.5, 0.6) is 0 Å². The predicted molar refractivity (Wildman–Crippen MR) is 26.4 cm³/mol. The summed E-state index contributed by atoms with van der Waals surface area (Å²) in [6, 6.07) is 0. The molecule has 0 unspecified atom stereocenters. The van der Waals surface area contributed by atoms with E-state index in [0.717, 1.165) is 4.60 Å². The van der Waals surface area contributed by atoms with Crippen molar-refractivity contribution in [2.75, 3.05) is 0 Å². The summed E-state index contributed by atoms with van der Waals surface area (Å²) in [4.78, 5) is 0. The molecule has 5 heavy (non-hydrogen) atoms. The molecule has 0 saturated carbocycles. The van der Waals surface area contributed by atoms with Gasteiger partial charge in [0.05, 0.1) is 0 Å². The Balaban J connectivity index is 2.83. The topological polar surface area (TPSA) is 15.8 Å². The van der Waals surface area contributed by atoms with Crippen LogP contribution in [-0.2, 0) is 0 Å². The SMILES string of the molecule is Brc1cs[nH]1. The van der Waals surface area contributed by atoms with Crippen LogP contribution in [0, 0.1) is 0 Å². The molecule has 0 aromatic carbocycles. The van der Waals surface area contributed by atoms with Crippen molar-refractivity contribution >= 4 is 27.5 Å². The Kier molecular flexibility index (Phi) is 0.784. The number of nitrogens with one attached hydrogen (secondary N) is 1. The number of rotatable bonds is 0. The van der Waals surface area contributed by atoms with Crippen molar-refractivity contribution in [3.63, 3.8) is 0 Å². The molecule has 1 aromatic rings. The number of halogens is 1. The molecule has 1 nitrogen and oxygen atoms in total. The van der Waals surface area contributed by atoms with Crippen LogP contribution in [0.3, 0.4) is 0 Å². The van der Waals surface area contributed by atoms with E-state index >= 15 is 0 Å². The Morgan fingerprint density at radius 2 is 2.40 bits per heavy atom. The van der Waals surface area contributed by atoms with Crippen LogP contribution >= 0.6 is 27.5 Å². The molecule has 0 saturated heterocycles. The molecular formula is C2H2BrNS. The normalized spacial score (nSPS) is 9.00. The van der Waals surface area contributed by atoms with Crippen molar-refractivity contribution in [1.82, 2.24) is 4.37 Å². The van der Waals surface area contributed by atoms with Crippen molar-refractivity contribution in [2.45, 2.75) is 0 Å². The van der Waals surface area contributed by atoms with Gasteiger partial charge in [-0.2, -0.15) is 0 Å². The molecule has 1 aromatic heterocycles. The minimum Gasteiger partial charge on any atom is -0.304 e. The lowest BCUT2D eigenvalue weighted by molar-refractivity contribution is 1.44. The van der Waals surface area contributed by atoms with Crippen LogP contribution in [-0.4, -0.2) is 4.37 Å². The highest BCUT2D eigenvalue weighted by molar-refractivity contribution is 9.10. The van der Waals surface area contributed by atoms with Crippen molar-refractivity contribution in [1.29, 1.82) is 0 Å². The number of H-pyrrole nitrogens is 1. The van der Waals surface area contributed by atoms with Crippen molar-refractivity contribution in [2.24, 2.45) is 0 Å². The van der Waals surface area contributed by atoms with E-state index < -0.39 is 0 Å². The first-order chi connectivity index (χ1) is 2.39. The minimum atomic E-state index is 1.09. The standard InChI is InChI=1S/C2H2BrNS/c3-2-1-5-4-2/h1,4H. The number of aromatic amines is 1. The van der Waals surface area contributed by atoms with Gasteiger partial charge in [0.25, 0.3) is 0 Å². The molecule has 0 atom stereocenters. The molecule has 0 fully saturated rings. The summed E-state index contributed by atoms with van der Waals surface area (Å²) in [5, 5.41) is 1.99. The molecule has 0 aliphatic carbocycles. The maximum Gasteiger partial charge on any atom is 0.103 e. The van der Waals surface area contributed by atoms with Crippen LogP contribution < -0.4 is 0 Å². The average Bonchev–Trinajstić information content (AvgIpc) is 1.30. The molecule has 0 amide bonds. The molecule has 28 valence electrons. The van der Waals surface area contributed by atoms with Crippen molar-refractivity contribution in [3.05, 3.63) is 9.98 Å². The Morgan fingerprint density at radius 3 is 2.40 bits per heavy atom. The van der Waals surface area contributed by atoms with Gasteiger partial charge in [-0.1, -0.05) is 11.5 Å². The van der Waals surface area contributed by atoms with E-state index in [4.69, 9.17) is 0 Å². The van der Waals surface area contributed by atoms with Gasteiger partial charge in [-0.25, -0.2) is 0 Å². The first kappa shape index (κ1) is 3.43. The lowest BCUT2D eigenvalue weighted by Gasteiger charge is -1.85. The summed E-state index contributed by atoms with van der Waals surface area (Å²) in [5.41, 5.74) is 0.